The quantitative estimate of drug-likeness (QED) is 0.165. The molecule has 0 saturated heterocycles. The van der Waals surface area contributed by atoms with Crippen molar-refractivity contribution >= 4 is 134 Å². The van der Waals surface area contributed by atoms with E-state index in [4.69, 9.17) is 4.42 Å². The summed E-state index contributed by atoms with van der Waals surface area (Å²) in [6.45, 7) is 11.6. The van der Waals surface area contributed by atoms with Crippen molar-refractivity contribution in [1.29, 1.82) is 5.26 Å². The maximum Gasteiger partial charge on any atom is 0.221 e. The van der Waals surface area contributed by atoms with Crippen molar-refractivity contribution < 1.29 is 4.42 Å². The lowest BCUT2D eigenvalue weighted by Gasteiger charge is -2.25. The molecule has 0 bridgehead atoms. The van der Waals surface area contributed by atoms with Gasteiger partial charge in [0.25, 0.3) is 0 Å². The van der Waals surface area contributed by atoms with Gasteiger partial charge in [-0.2, -0.15) is 5.26 Å². The number of furan rings is 1. The highest BCUT2D eigenvalue weighted by atomic mass is 32.1. The molecule has 0 aliphatic rings. The third kappa shape index (κ3) is 5.17. The molecule has 7 heteroatoms. The molecule has 15 aromatic rings. The molecule has 5 heterocycles. The third-order valence-corrected chi connectivity index (χ3v) is 16.8. The second kappa shape index (κ2) is 14.5. The average Bonchev–Trinajstić information content (AvgIpc) is 4.22. The predicted molar refractivity (Wildman–Crippen MR) is 295 cm³/mol. The first-order valence-electron chi connectivity index (χ1n) is 23.3. The van der Waals surface area contributed by atoms with Gasteiger partial charge in [0.05, 0.1) is 55.0 Å². The number of thiophene rings is 2. The van der Waals surface area contributed by atoms with Crippen molar-refractivity contribution in [2.45, 2.75) is 6.92 Å². The van der Waals surface area contributed by atoms with E-state index >= 15 is 0 Å². The second-order valence-electron chi connectivity index (χ2n) is 18.1. The normalized spacial score (nSPS) is 12.0. The van der Waals surface area contributed by atoms with Crippen LogP contribution < -0.4 is 0 Å². The minimum Gasteiger partial charge on any atom is -0.454 e. The summed E-state index contributed by atoms with van der Waals surface area (Å²) >= 11 is 3.60. The van der Waals surface area contributed by atoms with Gasteiger partial charge in [-0.3, -0.25) is 0 Å². The summed E-state index contributed by atoms with van der Waals surface area (Å²) in [6.07, 6.45) is 0. The van der Waals surface area contributed by atoms with Gasteiger partial charge in [0.2, 0.25) is 5.69 Å². The van der Waals surface area contributed by atoms with E-state index in [0.29, 0.717) is 22.5 Å². The fraction of sp³-hybridized carbons (Fsp3) is 0.0159. The van der Waals surface area contributed by atoms with E-state index in [1.807, 2.05) is 42.5 Å². The van der Waals surface area contributed by atoms with Crippen LogP contribution in [0.4, 0.5) is 5.69 Å². The molecule has 0 aliphatic heterocycles. The van der Waals surface area contributed by atoms with Crippen LogP contribution in [0.2, 0.25) is 0 Å². The monoisotopic (exact) mass is 926 g/mol. The van der Waals surface area contributed by atoms with Crippen LogP contribution in [0.15, 0.2) is 192 Å². The molecule has 10 aromatic carbocycles. The number of hydrogen-bond donors (Lipinski definition) is 0. The summed E-state index contributed by atoms with van der Waals surface area (Å²) in [7, 11) is 0. The summed E-state index contributed by atoms with van der Waals surface area (Å²) in [5.74, 6) is 0. The van der Waals surface area contributed by atoms with Gasteiger partial charge in [-0.1, -0.05) is 158 Å². The number of aromatic nitrogens is 2. The van der Waals surface area contributed by atoms with Crippen LogP contribution in [0, 0.1) is 24.8 Å². The van der Waals surface area contributed by atoms with Crippen LogP contribution in [-0.4, -0.2) is 9.13 Å². The smallest absolute Gasteiger partial charge is 0.221 e. The van der Waals surface area contributed by atoms with Gasteiger partial charge >= 0.3 is 0 Å². The molecule has 0 spiro atoms. The molecule has 70 heavy (non-hydrogen) atoms. The Bertz CT molecular complexity index is 4650. The maximum absolute atomic E-state index is 12.2. The Hall–Kier alpha value is -8.98. The summed E-state index contributed by atoms with van der Waals surface area (Å²) in [6, 6.07) is 68.9. The van der Waals surface area contributed by atoms with Gasteiger partial charge in [0.15, 0.2) is 5.58 Å². The van der Waals surface area contributed by atoms with E-state index in [-0.39, 0.29) is 0 Å². The van der Waals surface area contributed by atoms with Crippen LogP contribution in [-0.2, 0) is 0 Å². The lowest BCUT2D eigenvalue weighted by Crippen LogP contribution is -2.08. The zero-order chi connectivity index (χ0) is 46.4. The molecule has 5 nitrogen and oxygen atoms in total. The fourth-order valence-corrected chi connectivity index (χ4v) is 14.0. The number of rotatable bonds is 4. The number of nitrogens with zero attached hydrogens (tertiary/aromatic N) is 4. The zero-order valence-corrected chi connectivity index (χ0v) is 39.0. The van der Waals surface area contributed by atoms with Crippen molar-refractivity contribution in [3.63, 3.8) is 0 Å². The molecule has 0 unspecified atom stereocenters. The van der Waals surface area contributed by atoms with Gasteiger partial charge in [0.1, 0.15) is 11.7 Å². The van der Waals surface area contributed by atoms with Crippen molar-refractivity contribution in [2.75, 3.05) is 0 Å². The molecular formula is C63H34N4OS2. The number of para-hydroxylation sites is 1. The highest BCUT2D eigenvalue weighted by Gasteiger charge is 2.33. The molecule has 0 radical (unpaired) electrons. The summed E-state index contributed by atoms with van der Waals surface area (Å²) in [4.78, 5) is 4.66. The third-order valence-electron chi connectivity index (χ3n) is 14.4. The first-order chi connectivity index (χ1) is 34.6. The molecular weight excluding hydrogens is 893 g/mol. The summed E-state index contributed by atoms with van der Waals surface area (Å²) in [5.41, 5.74) is 11.7. The Balaban J connectivity index is 1.24. The zero-order valence-electron chi connectivity index (χ0n) is 37.4. The van der Waals surface area contributed by atoms with Gasteiger partial charge < -0.3 is 13.6 Å². The van der Waals surface area contributed by atoms with Crippen LogP contribution in [0.3, 0.4) is 0 Å². The van der Waals surface area contributed by atoms with Crippen molar-refractivity contribution in [3.05, 3.63) is 211 Å². The molecule has 0 fully saturated rings. The summed E-state index contributed by atoms with van der Waals surface area (Å²) in [5, 5.41) is 23.2. The second-order valence-corrected chi connectivity index (χ2v) is 20.2. The van der Waals surface area contributed by atoms with E-state index in [1.165, 1.54) is 30.9 Å². The van der Waals surface area contributed by atoms with Gasteiger partial charge in [-0.25, -0.2) is 4.85 Å². The average molecular weight is 927 g/mol. The van der Waals surface area contributed by atoms with Crippen molar-refractivity contribution in [3.8, 4) is 39.7 Å². The Morgan fingerprint density at radius 1 is 0.486 bits per heavy atom. The van der Waals surface area contributed by atoms with Gasteiger partial charge in [-0.15, -0.1) is 22.7 Å². The molecule has 15 rings (SSSR count). The maximum atomic E-state index is 12.2. The summed E-state index contributed by atoms with van der Waals surface area (Å²) < 4.78 is 16.3. The largest absolute Gasteiger partial charge is 0.454 e. The number of fused-ring (bicyclic) bond motifs is 18. The topological polar surface area (TPSA) is 51.1 Å². The SMILES string of the molecule is [C-]#[N+]c1c(-c2ccccc2)c(-n2c3c(ccc4c5ccccc5sc43)c3ccc4c5ccccc5sc4c32)c(-c2ccccc2)c(C#N)c1-n1c2ccccc2c2ccc3c4ccc(C)cc4oc3c21. The van der Waals surface area contributed by atoms with E-state index in [0.717, 1.165) is 103 Å². The Kier molecular flexibility index (Phi) is 8.10. The minimum atomic E-state index is 0.381. The molecule has 0 saturated carbocycles. The molecule has 5 aromatic heterocycles. The first kappa shape index (κ1) is 39.1. The molecule has 0 aliphatic carbocycles. The number of hydrogen-bond acceptors (Lipinski definition) is 4. The lowest BCUT2D eigenvalue weighted by atomic mass is 9.88. The van der Waals surface area contributed by atoms with Gasteiger partial charge in [-0.05, 0) is 53.9 Å². The molecule has 0 N–H and O–H groups in total. The Morgan fingerprint density at radius 3 is 1.61 bits per heavy atom. The lowest BCUT2D eigenvalue weighted by molar-refractivity contribution is 0.670. The van der Waals surface area contributed by atoms with Crippen LogP contribution in [0.1, 0.15) is 11.1 Å². The van der Waals surface area contributed by atoms with E-state index in [2.05, 4.69) is 173 Å². The first-order valence-corrected chi connectivity index (χ1v) is 24.9. The van der Waals surface area contributed by atoms with E-state index in [9.17, 15) is 11.8 Å². The fourth-order valence-electron chi connectivity index (χ4n) is 11.5. The standard InChI is InChI=1S/C63H34N4OS2/c1-35-25-26-39-45-30-27-42-38-19-9-12-22-49(38)66(57(42)61(45)68-50(39)33-35)56-48(34-64)53(36-15-5-3-6-16-36)60(54(55(56)65-2)37-17-7-4-8-18-37)67-58-43(28-31-46-40-20-10-13-23-51(40)69-62(46)58)44-29-32-47-41-21-11-14-24-52(41)70-63(47)59(44)67/h3-33H,1H3. The van der Waals surface area contributed by atoms with E-state index < -0.39 is 0 Å². The number of benzene rings is 10. The molecule has 0 atom stereocenters. The van der Waals surface area contributed by atoms with Crippen LogP contribution >= 0.6 is 22.7 Å². The number of aryl methyl sites for hydroxylation is 1. The van der Waals surface area contributed by atoms with Crippen LogP contribution in [0.25, 0.3) is 144 Å². The van der Waals surface area contributed by atoms with Crippen molar-refractivity contribution in [2.24, 2.45) is 0 Å². The highest BCUT2D eigenvalue weighted by Crippen LogP contribution is 2.55. The van der Waals surface area contributed by atoms with Gasteiger partial charge in [0, 0.05) is 74.4 Å². The highest BCUT2D eigenvalue weighted by molar-refractivity contribution is 7.27. The Morgan fingerprint density at radius 2 is 1.00 bits per heavy atom. The molecule has 324 valence electrons. The molecule has 0 amide bonds. The van der Waals surface area contributed by atoms with Crippen LogP contribution in [0.5, 0.6) is 0 Å². The Labute approximate surface area is 407 Å². The van der Waals surface area contributed by atoms with Crippen molar-refractivity contribution in [1.82, 2.24) is 9.13 Å². The predicted octanol–water partition coefficient (Wildman–Crippen LogP) is 18.6. The number of nitriles is 1. The minimum absolute atomic E-state index is 0.381. The van der Waals surface area contributed by atoms with E-state index in [1.54, 1.807) is 22.7 Å².